The fourth-order valence-corrected chi connectivity index (χ4v) is 3.15. The number of aryl methyl sites for hydroxylation is 1. The lowest BCUT2D eigenvalue weighted by Crippen LogP contribution is -2.16. The van der Waals surface area contributed by atoms with E-state index in [1.54, 1.807) is 13.0 Å². The van der Waals surface area contributed by atoms with Crippen molar-refractivity contribution in [1.29, 1.82) is 0 Å². The maximum Gasteiger partial charge on any atom is 0.417 e. The van der Waals surface area contributed by atoms with Crippen molar-refractivity contribution in [3.63, 3.8) is 0 Å². The summed E-state index contributed by atoms with van der Waals surface area (Å²) >= 11 is 0. The summed E-state index contributed by atoms with van der Waals surface area (Å²) in [4.78, 5) is 20.4. The van der Waals surface area contributed by atoms with Gasteiger partial charge in [-0.2, -0.15) is 13.2 Å². The highest BCUT2D eigenvalue weighted by Gasteiger charge is 2.33. The third-order valence-corrected chi connectivity index (χ3v) is 5.15. The number of rotatable bonds is 5. The minimum atomic E-state index is -4.73. The molecule has 1 amide bonds. The van der Waals surface area contributed by atoms with Crippen molar-refractivity contribution in [2.45, 2.75) is 18.0 Å². The highest BCUT2D eigenvalue weighted by atomic mass is 32.2. The van der Waals surface area contributed by atoms with E-state index in [-0.39, 0.29) is 22.2 Å². The lowest BCUT2D eigenvalue weighted by atomic mass is 10.1. The Bertz CT molecular complexity index is 1230. The number of pyridine rings is 2. The van der Waals surface area contributed by atoms with E-state index in [4.69, 9.17) is 4.74 Å². The van der Waals surface area contributed by atoms with Crippen LogP contribution < -0.4 is 10.1 Å². The van der Waals surface area contributed by atoms with Gasteiger partial charge in [0.1, 0.15) is 11.3 Å². The van der Waals surface area contributed by atoms with Crippen LogP contribution in [0.15, 0.2) is 59.8 Å². The molecule has 1 N–H and O–H groups in total. The first-order valence-electron chi connectivity index (χ1n) is 8.73. The maximum absolute atomic E-state index is 13.2. The number of nitrogens with one attached hydrogen (secondary N) is 1. The molecule has 0 aliphatic heterocycles. The van der Waals surface area contributed by atoms with Crippen LogP contribution in [-0.4, -0.2) is 30.5 Å². The number of anilines is 1. The molecule has 0 atom stereocenters. The molecule has 1 aromatic carbocycles. The molecular formula is C20H16F3N3O4S. The predicted molar refractivity (Wildman–Crippen MR) is 106 cm³/mol. The van der Waals surface area contributed by atoms with Crippen molar-refractivity contribution in [1.82, 2.24) is 9.97 Å². The van der Waals surface area contributed by atoms with Gasteiger partial charge in [-0.3, -0.25) is 9.78 Å². The van der Waals surface area contributed by atoms with Gasteiger partial charge in [0.05, 0.1) is 16.7 Å². The molecule has 3 aromatic rings. The topological polar surface area (TPSA) is 98.2 Å². The van der Waals surface area contributed by atoms with Gasteiger partial charge in [0, 0.05) is 23.8 Å². The minimum absolute atomic E-state index is 0.0605. The first kappa shape index (κ1) is 22.2. The van der Waals surface area contributed by atoms with Gasteiger partial charge in [0.25, 0.3) is 5.91 Å². The van der Waals surface area contributed by atoms with Crippen molar-refractivity contribution in [2.75, 3.05) is 11.6 Å². The van der Waals surface area contributed by atoms with Crippen LogP contribution >= 0.6 is 0 Å². The Morgan fingerprint density at radius 3 is 2.42 bits per heavy atom. The third-order valence-electron chi connectivity index (χ3n) is 4.04. The number of benzene rings is 1. The average Bonchev–Trinajstić information content (AvgIpc) is 2.68. The van der Waals surface area contributed by atoms with Gasteiger partial charge >= 0.3 is 6.18 Å². The number of amides is 1. The number of aromatic nitrogens is 2. The van der Waals surface area contributed by atoms with Crippen LogP contribution in [0.3, 0.4) is 0 Å². The van der Waals surface area contributed by atoms with Crippen molar-refractivity contribution < 1.29 is 31.1 Å². The second-order valence-electron chi connectivity index (χ2n) is 6.57. The summed E-state index contributed by atoms with van der Waals surface area (Å²) in [5.74, 6) is -1.15. The first-order valence-corrected chi connectivity index (χ1v) is 10.6. The second kappa shape index (κ2) is 8.34. The zero-order valence-electron chi connectivity index (χ0n) is 16.3. The molecule has 0 aliphatic rings. The standard InChI is InChI=1S/C20H16F3N3O4S/c1-12-6-7-15(11-24-12)30-19-17(8-13(10-25-19)20(21,22)23)18(27)26-14-4-3-5-16(9-14)31(2,28)29/h3-11H,1-2H3,(H,26,27). The molecular weight excluding hydrogens is 435 g/mol. The molecule has 2 aromatic heterocycles. The molecule has 7 nitrogen and oxygen atoms in total. The maximum atomic E-state index is 13.2. The smallest absolute Gasteiger partial charge is 0.417 e. The summed E-state index contributed by atoms with van der Waals surface area (Å²) < 4.78 is 68.3. The molecule has 31 heavy (non-hydrogen) atoms. The van der Waals surface area contributed by atoms with E-state index in [1.807, 2.05) is 0 Å². The monoisotopic (exact) mass is 451 g/mol. The molecule has 0 bridgehead atoms. The molecule has 2 heterocycles. The summed E-state index contributed by atoms with van der Waals surface area (Å²) in [5, 5.41) is 2.38. The third kappa shape index (κ3) is 5.57. The van der Waals surface area contributed by atoms with E-state index < -0.39 is 33.0 Å². The minimum Gasteiger partial charge on any atom is -0.437 e. The van der Waals surface area contributed by atoms with Gasteiger partial charge < -0.3 is 10.1 Å². The number of alkyl halides is 3. The number of halogens is 3. The van der Waals surface area contributed by atoms with Crippen LogP contribution in [-0.2, 0) is 16.0 Å². The predicted octanol–water partition coefficient (Wildman–Crippen LogP) is 4.25. The lowest BCUT2D eigenvalue weighted by Gasteiger charge is -2.14. The van der Waals surface area contributed by atoms with Gasteiger partial charge in [0.2, 0.25) is 5.88 Å². The highest BCUT2D eigenvalue weighted by Crippen LogP contribution is 2.33. The Hall–Kier alpha value is -3.47. The van der Waals surface area contributed by atoms with E-state index in [0.29, 0.717) is 18.0 Å². The number of carbonyl (C=O) groups is 1. The molecule has 0 unspecified atom stereocenters. The number of ether oxygens (including phenoxy) is 1. The fourth-order valence-electron chi connectivity index (χ4n) is 2.48. The van der Waals surface area contributed by atoms with Gasteiger partial charge in [-0.25, -0.2) is 13.4 Å². The quantitative estimate of drug-likeness (QED) is 0.623. The first-order chi connectivity index (χ1) is 14.4. The molecule has 0 spiro atoms. The number of carbonyl (C=O) groups excluding carboxylic acids is 1. The molecule has 0 fully saturated rings. The lowest BCUT2D eigenvalue weighted by molar-refractivity contribution is -0.137. The van der Waals surface area contributed by atoms with Crippen LogP contribution in [0.25, 0.3) is 0 Å². The largest absolute Gasteiger partial charge is 0.437 e. The summed E-state index contributed by atoms with van der Waals surface area (Å²) in [6.45, 7) is 1.74. The molecule has 0 saturated heterocycles. The molecule has 162 valence electrons. The van der Waals surface area contributed by atoms with Crippen molar-refractivity contribution in [3.8, 4) is 11.6 Å². The number of hydrogen-bond acceptors (Lipinski definition) is 6. The molecule has 0 radical (unpaired) electrons. The second-order valence-corrected chi connectivity index (χ2v) is 8.58. The van der Waals surface area contributed by atoms with E-state index in [2.05, 4.69) is 15.3 Å². The van der Waals surface area contributed by atoms with Crippen LogP contribution in [0.5, 0.6) is 11.6 Å². The van der Waals surface area contributed by atoms with Crippen molar-refractivity contribution in [2.24, 2.45) is 0 Å². The van der Waals surface area contributed by atoms with Crippen molar-refractivity contribution >= 4 is 21.4 Å². The van der Waals surface area contributed by atoms with E-state index >= 15 is 0 Å². The highest BCUT2D eigenvalue weighted by molar-refractivity contribution is 7.90. The van der Waals surface area contributed by atoms with E-state index in [9.17, 15) is 26.4 Å². The van der Waals surface area contributed by atoms with E-state index in [1.165, 1.54) is 36.5 Å². The van der Waals surface area contributed by atoms with Crippen molar-refractivity contribution in [3.05, 3.63) is 71.7 Å². The zero-order valence-corrected chi connectivity index (χ0v) is 17.1. The molecule has 0 aliphatic carbocycles. The summed E-state index contributed by atoms with van der Waals surface area (Å²) in [6.07, 6.45) is -1.85. The van der Waals surface area contributed by atoms with Crippen LogP contribution in [0, 0.1) is 6.92 Å². The van der Waals surface area contributed by atoms with Crippen LogP contribution in [0.2, 0.25) is 0 Å². The van der Waals surface area contributed by atoms with Crippen LogP contribution in [0.4, 0.5) is 18.9 Å². The Balaban J connectivity index is 1.98. The van der Waals surface area contributed by atoms with Gasteiger partial charge in [-0.05, 0) is 43.3 Å². The Morgan fingerprint density at radius 2 is 1.81 bits per heavy atom. The normalized spacial score (nSPS) is 11.8. The van der Waals surface area contributed by atoms with Gasteiger partial charge in [-0.15, -0.1) is 0 Å². The Morgan fingerprint density at radius 1 is 1.06 bits per heavy atom. The Labute approximate surface area is 175 Å². The average molecular weight is 451 g/mol. The number of sulfone groups is 1. The van der Waals surface area contributed by atoms with Gasteiger partial charge in [0.15, 0.2) is 9.84 Å². The summed E-state index contributed by atoms with van der Waals surface area (Å²) in [6, 6.07) is 9.08. The summed E-state index contributed by atoms with van der Waals surface area (Å²) in [5.41, 5.74) is -0.859. The zero-order chi connectivity index (χ0) is 22.8. The van der Waals surface area contributed by atoms with E-state index in [0.717, 1.165) is 6.26 Å². The van der Waals surface area contributed by atoms with Gasteiger partial charge in [-0.1, -0.05) is 6.07 Å². The SMILES string of the molecule is Cc1ccc(Oc2ncc(C(F)(F)F)cc2C(=O)Nc2cccc(S(C)(=O)=O)c2)cn1. The molecule has 3 rings (SSSR count). The Kier molecular flexibility index (Phi) is 5.98. The molecule has 0 saturated carbocycles. The number of nitrogens with zero attached hydrogens (tertiary/aromatic N) is 2. The fraction of sp³-hybridized carbons (Fsp3) is 0.150. The number of hydrogen-bond donors (Lipinski definition) is 1. The molecule has 11 heteroatoms. The summed E-state index contributed by atoms with van der Waals surface area (Å²) in [7, 11) is -3.55. The van der Waals surface area contributed by atoms with Crippen LogP contribution in [0.1, 0.15) is 21.6 Å².